The number of amides is 1. The quantitative estimate of drug-likeness (QED) is 0.288. The Balaban J connectivity index is 1.53. The molecule has 38 heavy (non-hydrogen) atoms. The van der Waals surface area contributed by atoms with E-state index in [0.717, 1.165) is 0 Å². The molecular weight excluding hydrogens is 496 g/mol. The van der Waals surface area contributed by atoms with Crippen LogP contribution in [0.5, 0.6) is 17.2 Å². The van der Waals surface area contributed by atoms with Crippen LogP contribution in [-0.4, -0.2) is 63.2 Å². The van der Waals surface area contributed by atoms with Crippen molar-refractivity contribution in [2.75, 3.05) is 25.6 Å². The summed E-state index contributed by atoms with van der Waals surface area (Å²) < 4.78 is 28.5. The first-order valence-corrected chi connectivity index (χ1v) is 11.6. The van der Waals surface area contributed by atoms with Crippen LogP contribution in [0.3, 0.4) is 0 Å². The Bertz CT molecular complexity index is 1400. The second kappa shape index (κ2) is 12.0. The van der Waals surface area contributed by atoms with E-state index < -0.39 is 5.97 Å². The van der Waals surface area contributed by atoms with Crippen LogP contribution >= 0.6 is 0 Å². The zero-order valence-electron chi connectivity index (χ0n) is 21.2. The van der Waals surface area contributed by atoms with Crippen molar-refractivity contribution in [3.8, 4) is 28.8 Å². The molecule has 0 radical (unpaired) electrons. The van der Waals surface area contributed by atoms with Gasteiger partial charge in [-0.3, -0.25) is 9.48 Å². The Hall–Kier alpha value is -4.78. The van der Waals surface area contributed by atoms with Crippen molar-refractivity contribution in [3.63, 3.8) is 0 Å². The van der Waals surface area contributed by atoms with Crippen LogP contribution in [0.25, 0.3) is 11.6 Å². The highest BCUT2D eigenvalue weighted by molar-refractivity contribution is 6.04. The molecule has 0 aliphatic carbocycles. The van der Waals surface area contributed by atoms with Gasteiger partial charge >= 0.3 is 5.97 Å². The second-order valence-corrected chi connectivity index (χ2v) is 8.03. The molecule has 13 nitrogen and oxygen atoms in total. The molecule has 4 aromatic rings. The standard InChI is InChI=1S/C25H26N6O7/c1-5-35-25(33)22-28-24(38-30-22)20-7-6-17(13-26-20)37-19-11-16(10-18(12-19)36-15(2)14-34-4)23(32)27-21-8-9-31(3)29-21/h6-13,15H,5,14H2,1-4H3,(H,27,29,32)/t15-/m0/s1. The number of aryl methyl sites for hydroxylation is 1. The topological polar surface area (TPSA) is 153 Å². The van der Waals surface area contributed by atoms with Crippen LogP contribution in [0, 0.1) is 0 Å². The van der Waals surface area contributed by atoms with Crippen molar-refractivity contribution in [2.24, 2.45) is 7.05 Å². The van der Waals surface area contributed by atoms with Crippen molar-refractivity contribution in [2.45, 2.75) is 20.0 Å². The molecule has 0 aliphatic rings. The number of hydrogen-bond donors (Lipinski definition) is 1. The SMILES string of the molecule is CCOC(=O)c1noc(-c2ccc(Oc3cc(O[C@@H](C)COC)cc(C(=O)Nc4ccn(C)n4)c3)cn2)n1. The summed E-state index contributed by atoms with van der Waals surface area (Å²) in [7, 11) is 3.33. The molecule has 3 aromatic heterocycles. The van der Waals surface area contributed by atoms with Crippen molar-refractivity contribution >= 4 is 17.7 Å². The molecule has 0 aliphatic heterocycles. The minimum atomic E-state index is -0.688. The zero-order valence-corrected chi connectivity index (χ0v) is 21.2. The number of methoxy groups -OCH3 is 1. The third kappa shape index (κ3) is 6.70. The largest absolute Gasteiger partial charge is 0.488 e. The Kier molecular flexibility index (Phi) is 8.28. The number of carbonyl (C=O) groups is 2. The number of hydrogen-bond acceptors (Lipinski definition) is 11. The number of nitrogens with zero attached hydrogens (tertiary/aromatic N) is 5. The lowest BCUT2D eigenvalue weighted by Gasteiger charge is -2.16. The Morgan fingerprint density at radius 2 is 1.95 bits per heavy atom. The van der Waals surface area contributed by atoms with Gasteiger partial charge in [0.2, 0.25) is 0 Å². The van der Waals surface area contributed by atoms with Gasteiger partial charge in [0.1, 0.15) is 29.0 Å². The van der Waals surface area contributed by atoms with Crippen LogP contribution in [0.15, 0.2) is 53.3 Å². The molecular formula is C25H26N6O7. The van der Waals surface area contributed by atoms with E-state index in [1.54, 1.807) is 68.4 Å². The predicted octanol–water partition coefficient (Wildman–Crippen LogP) is 3.50. The number of nitrogens with one attached hydrogen (secondary N) is 1. The van der Waals surface area contributed by atoms with Gasteiger partial charge in [0.25, 0.3) is 17.6 Å². The van der Waals surface area contributed by atoms with E-state index in [4.69, 9.17) is 23.5 Å². The van der Waals surface area contributed by atoms with Crippen molar-refractivity contribution in [3.05, 3.63) is 60.2 Å². The van der Waals surface area contributed by atoms with E-state index >= 15 is 0 Å². The Labute approximate surface area is 217 Å². The molecule has 1 amide bonds. The average molecular weight is 523 g/mol. The van der Waals surface area contributed by atoms with Crippen LogP contribution in [-0.2, 0) is 16.5 Å². The van der Waals surface area contributed by atoms with Crippen LogP contribution < -0.4 is 14.8 Å². The number of benzene rings is 1. The summed E-state index contributed by atoms with van der Waals surface area (Å²) in [5.74, 6) is 0.321. The molecule has 4 rings (SSSR count). The first-order chi connectivity index (χ1) is 18.3. The molecule has 0 saturated carbocycles. The minimum Gasteiger partial charge on any atom is -0.488 e. The Morgan fingerprint density at radius 3 is 2.63 bits per heavy atom. The summed E-state index contributed by atoms with van der Waals surface area (Å²) in [6.45, 7) is 4.08. The highest BCUT2D eigenvalue weighted by Gasteiger charge is 2.18. The lowest BCUT2D eigenvalue weighted by atomic mass is 10.2. The average Bonchev–Trinajstić information content (AvgIpc) is 3.54. The van der Waals surface area contributed by atoms with Gasteiger partial charge in [0, 0.05) is 38.1 Å². The van der Waals surface area contributed by atoms with Gasteiger partial charge < -0.3 is 28.8 Å². The molecule has 198 valence electrons. The lowest BCUT2D eigenvalue weighted by molar-refractivity contribution is 0.0508. The fourth-order valence-corrected chi connectivity index (χ4v) is 3.31. The monoisotopic (exact) mass is 522 g/mol. The summed E-state index contributed by atoms with van der Waals surface area (Å²) in [5.41, 5.74) is 0.635. The fourth-order valence-electron chi connectivity index (χ4n) is 3.31. The smallest absolute Gasteiger partial charge is 0.379 e. The number of carbonyl (C=O) groups excluding carboxylic acids is 2. The van der Waals surface area contributed by atoms with E-state index in [9.17, 15) is 9.59 Å². The van der Waals surface area contributed by atoms with Gasteiger partial charge in [-0.15, -0.1) is 0 Å². The minimum absolute atomic E-state index is 0.0515. The highest BCUT2D eigenvalue weighted by atomic mass is 16.5. The van der Waals surface area contributed by atoms with E-state index in [1.165, 1.54) is 6.20 Å². The molecule has 0 fully saturated rings. The van der Waals surface area contributed by atoms with E-state index in [1.807, 2.05) is 6.92 Å². The maximum atomic E-state index is 12.9. The molecule has 1 aromatic carbocycles. The maximum absolute atomic E-state index is 12.9. The Morgan fingerprint density at radius 1 is 1.13 bits per heavy atom. The van der Waals surface area contributed by atoms with Gasteiger partial charge in [-0.2, -0.15) is 10.1 Å². The first-order valence-electron chi connectivity index (χ1n) is 11.6. The molecule has 0 bridgehead atoms. The third-order valence-electron chi connectivity index (χ3n) is 4.91. The van der Waals surface area contributed by atoms with Gasteiger partial charge in [-0.05, 0) is 43.3 Å². The first kappa shape index (κ1) is 26.3. The maximum Gasteiger partial charge on any atom is 0.379 e. The number of pyridine rings is 1. The van der Waals surface area contributed by atoms with Gasteiger partial charge in [0.15, 0.2) is 5.82 Å². The van der Waals surface area contributed by atoms with Crippen LogP contribution in [0.4, 0.5) is 5.82 Å². The summed E-state index contributed by atoms with van der Waals surface area (Å²) in [4.78, 5) is 32.9. The second-order valence-electron chi connectivity index (χ2n) is 8.03. The predicted molar refractivity (Wildman–Crippen MR) is 133 cm³/mol. The van der Waals surface area contributed by atoms with E-state index in [-0.39, 0.29) is 30.3 Å². The molecule has 13 heteroatoms. The summed E-state index contributed by atoms with van der Waals surface area (Å²) >= 11 is 0. The number of esters is 1. The van der Waals surface area contributed by atoms with E-state index in [0.29, 0.717) is 40.9 Å². The molecule has 0 spiro atoms. The van der Waals surface area contributed by atoms with Crippen molar-refractivity contribution in [1.29, 1.82) is 0 Å². The van der Waals surface area contributed by atoms with Crippen LogP contribution in [0.2, 0.25) is 0 Å². The highest BCUT2D eigenvalue weighted by Crippen LogP contribution is 2.29. The third-order valence-corrected chi connectivity index (χ3v) is 4.91. The molecule has 1 N–H and O–H groups in total. The van der Waals surface area contributed by atoms with Gasteiger partial charge in [0.05, 0.1) is 19.4 Å². The number of ether oxygens (including phenoxy) is 4. The normalized spacial score (nSPS) is 11.6. The molecule has 3 heterocycles. The molecule has 0 unspecified atom stereocenters. The number of rotatable bonds is 11. The van der Waals surface area contributed by atoms with Crippen molar-refractivity contribution < 1.29 is 33.1 Å². The van der Waals surface area contributed by atoms with Gasteiger partial charge in [-0.1, -0.05) is 0 Å². The van der Waals surface area contributed by atoms with Crippen LogP contribution in [0.1, 0.15) is 34.8 Å². The van der Waals surface area contributed by atoms with Gasteiger partial charge in [-0.25, -0.2) is 9.78 Å². The van der Waals surface area contributed by atoms with Crippen molar-refractivity contribution in [1.82, 2.24) is 24.9 Å². The summed E-state index contributed by atoms with van der Waals surface area (Å²) in [6.07, 6.45) is 2.90. The summed E-state index contributed by atoms with van der Waals surface area (Å²) in [5, 5.41) is 10.5. The van der Waals surface area contributed by atoms with E-state index in [2.05, 4.69) is 25.5 Å². The fraction of sp³-hybridized carbons (Fsp3) is 0.280. The lowest BCUT2D eigenvalue weighted by Crippen LogP contribution is -2.18. The molecule has 1 atom stereocenters. The number of anilines is 1. The molecule has 0 saturated heterocycles. The number of aromatic nitrogens is 5. The zero-order chi connectivity index (χ0) is 27.1. The summed E-state index contributed by atoms with van der Waals surface area (Å²) in [6, 6.07) is 9.74.